The number of rotatable bonds is 4. The smallest absolute Gasteiger partial charge is 0.255 e. The Hall–Kier alpha value is -1.07. The van der Waals surface area contributed by atoms with Gasteiger partial charge in [-0.25, -0.2) is 0 Å². The predicted octanol–water partition coefficient (Wildman–Crippen LogP) is 2.52. The van der Waals surface area contributed by atoms with Gasteiger partial charge in [-0.2, -0.15) is 0 Å². The van der Waals surface area contributed by atoms with Crippen LogP contribution in [0.3, 0.4) is 0 Å². The number of amides is 1. The molecule has 1 atom stereocenters. The van der Waals surface area contributed by atoms with E-state index in [1.807, 2.05) is 35.7 Å². The Morgan fingerprint density at radius 3 is 2.95 bits per heavy atom. The molecule has 1 aromatic heterocycles. The van der Waals surface area contributed by atoms with Crippen molar-refractivity contribution in [1.29, 1.82) is 0 Å². The van der Waals surface area contributed by atoms with Crippen LogP contribution in [0.4, 0.5) is 0 Å². The molecule has 0 aromatic carbocycles. The second-order valence-corrected chi connectivity index (χ2v) is 8.43. The number of aromatic nitrogens is 1. The number of ether oxygens (including phenoxy) is 1. The van der Waals surface area contributed by atoms with Crippen LogP contribution in [0, 0.1) is 12.8 Å². The molecule has 5 heteroatoms. The first-order chi connectivity index (χ1) is 10.6. The lowest BCUT2D eigenvalue weighted by Crippen LogP contribution is -2.60. The van der Waals surface area contributed by atoms with E-state index >= 15 is 0 Å². The molecule has 2 saturated heterocycles. The highest BCUT2D eigenvalue weighted by atomic mass is 32.2. The summed E-state index contributed by atoms with van der Waals surface area (Å²) in [5.74, 6) is 2.03. The van der Waals surface area contributed by atoms with Gasteiger partial charge >= 0.3 is 0 Å². The van der Waals surface area contributed by atoms with Gasteiger partial charge in [0.05, 0.1) is 16.4 Å². The number of hydrogen-bond donors (Lipinski definition) is 0. The fourth-order valence-corrected chi connectivity index (χ4v) is 4.81. The Morgan fingerprint density at radius 1 is 1.45 bits per heavy atom. The largest absolute Gasteiger partial charge is 0.377 e. The fourth-order valence-electron chi connectivity index (χ4n) is 3.26. The van der Waals surface area contributed by atoms with Crippen molar-refractivity contribution < 1.29 is 9.53 Å². The van der Waals surface area contributed by atoms with E-state index in [1.54, 1.807) is 6.20 Å². The van der Waals surface area contributed by atoms with Crippen molar-refractivity contribution in [3.63, 3.8) is 0 Å². The summed E-state index contributed by atoms with van der Waals surface area (Å²) in [7, 11) is 0. The van der Waals surface area contributed by atoms with Crippen LogP contribution in [-0.2, 0) is 4.74 Å². The van der Waals surface area contributed by atoms with Gasteiger partial charge in [-0.3, -0.25) is 9.78 Å². The van der Waals surface area contributed by atoms with Crippen molar-refractivity contribution in [3.05, 3.63) is 29.6 Å². The van der Waals surface area contributed by atoms with Gasteiger partial charge in [0.15, 0.2) is 0 Å². The summed E-state index contributed by atoms with van der Waals surface area (Å²) in [5.41, 5.74) is 1.64. The van der Waals surface area contributed by atoms with Gasteiger partial charge in [0, 0.05) is 37.3 Å². The van der Waals surface area contributed by atoms with Crippen LogP contribution in [-0.4, -0.2) is 52.1 Å². The molecule has 1 aliphatic carbocycles. The minimum Gasteiger partial charge on any atom is -0.377 e. The average molecular weight is 318 g/mol. The van der Waals surface area contributed by atoms with Gasteiger partial charge in [0.2, 0.25) is 0 Å². The van der Waals surface area contributed by atoms with Crippen LogP contribution in [0.15, 0.2) is 18.3 Å². The third-order valence-corrected chi connectivity index (χ3v) is 6.42. The normalized spacial score (nSPS) is 26.2. The quantitative estimate of drug-likeness (QED) is 0.855. The topological polar surface area (TPSA) is 42.4 Å². The highest BCUT2D eigenvalue weighted by molar-refractivity contribution is 8.01. The lowest BCUT2D eigenvalue weighted by atomic mass is 9.92. The number of aryl methyl sites for hydroxylation is 1. The van der Waals surface area contributed by atoms with Crippen molar-refractivity contribution in [1.82, 2.24) is 9.88 Å². The summed E-state index contributed by atoms with van der Waals surface area (Å²) in [6.07, 6.45) is 5.87. The number of hydrogen-bond acceptors (Lipinski definition) is 4. The van der Waals surface area contributed by atoms with Crippen molar-refractivity contribution in [2.75, 3.05) is 25.4 Å². The van der Waals surface area contributed by atoms with Crippen LogP contribution >= 0.6 is 11.8 Å². The second-order valence-electron chi connectivity index (χ2n) is 6.95. The molecular weight excluding hydrogens is 296 g/mol. The molecule has 1 saturated carbocycles. The second kappa shape index (κ2) is 5.53. The summed E-state index contributed by atoms with van der Waals surface area (Å²) in [5, 5.41) is 0. The van der Waals surface area contributed by atoms with Crippen molar-refractivity contribution >= 4 is 17.7 Å². The molecule has 0 N–H and O–H groups in total. The van der Waals surface area contributed by atoms with E-state index < -0.39 is 0 Å². The summed E-state index contributed by atoms with van der Waals surface area (Å²) in [4.78, 5) is 18.6. The zero-order valence-corrected chi connectivity index (χ0v) is 13.8. The van der Waals surface area contributed by atoms with Gasteiger partial charge in [-0.15, -0.1) is 11.8 Å². The first-order valence-corrected chi connectivity index (χ1v) is 9.10. The SMILES string of the molecule is Cc1ccc(C(=O)N2CC3(C[C@@H](OCC4CC4)CS3)C2)cn1. The number of likely N-dealkylation sites (tertiary alicyclic amines) is 1. The molecule has 22 heavy (non-hydrogen) atoms. The maximum absolute atomic E-state index is 12.4. The molecule has 0 radical (unpaired) electrons. The molecule has 4 nitrogen and oxygen atoms in total. The van der Waals surface area contributed by atoms with Gasteiger partial charge in [0.25, 0.3) is 5.91 Å². The molecule has 4 rings (SSSR count). The molecule has 3 fully saturated rings. The van der Waals surface area contributed by atoms with Crippen LogP contribution < -0.4 is 0 Å². The highest BCUT2D eigenvalue weighted by Gasteiger charge is 2.51. The minimum absolute atomic E-state index is 0.112. The fraction of sp³-hybridized carbons (Fsp3) is 0.647. The summed E-state index contributed by atoms with van der Waals surface area (Å²) < 4.78 is 6.27. The summed E-state index contributed by atoms with van der Waals surface area (Å²) in [6.45, 7) is 4.59. The monoisotopic (exact) mass is 318 g/mol. The standard InChI is InChI=1S/C17H22N2O2S/c1-12-2-5-14(7-18-12)16(20)19-10-17(11-19)6-15(9-22-17)21-8-13-3-4-13/h2,5,7,13,15H,3-4,6,8-11H2,1H3/t15-/m1/s1. The molecule has 3 aliphatic rings. The first kappa shape index (κ1) is 14.5. The Labute approximate surface area is 135 Å². The van der Waals surface area contributed by atoms with E-state index in [1.165, 1.54) is 12.8 Å². The van der Waals surface area contributed by atoms with Crippen LogP contribution in [0.2, 0.25) is 0 Å². The summed E-state index contributed by atoms with van der Waals surface area (Å²) in [6, 6.07) is 3.77. The maximum atomic E-state index is 12.4. The van der Waals surface area contributed by atoms with E-state index in [-0.39, 0.29) is 10.7 Å². The van der Waals surface area contributed by atoms with E-state index in [2.05, 4.69) is 4.98 Å². The van der Waals surface area contributed by atoms with Gasteiger partial charge < -0.3 is 9.64 Å². The van der Waals surface area contributed by atoms with Crippen LogP contribution in [0.25, 0.3) is 0 Å². The Morgan fingerprint density at radius 2 is 2.27 bits per heavy atom. The van der Waals surface area contributed by atoms with E-state index in [4.69, 9.17) is 4.74 Å². The molecule has 2 aliphatic heterocycles. The molecule has 1 aromatic rings. The van der Waals surface area contributed by atoms with Gasteiger partial charge in [0.1, 0.15) is 0 Å². The Bertz CT molecular complexity index is 565. The number of carbonyl (C=O) groups excluding carboxylic acids is 1. The molecule has 1 spiro atoms. The molecular formula is C17H22N2O2S. The molecule has 1 amide bonds. The van der Waals surface area contributed by atoms with Crippen molar-refractivity contribution in [2.24, 2.45) is 5.92 Å². The number of carbonyl (C=O) groups is 1. The number of thioether (sulfide) groups is 1. The third-order valence-electron chi connectivity index (χ3n) is 4.84. The Balaban J connectivity index is 1.29. The minimum atomic E-state index is 0.112. The zero-order chi connectivity index (χ0) is 15.2. The van der Waals surface area contributed by atoms with E-state index in [0.717, 1.165) is 43.5 Å². The summed E-state index contributed by atoms with van der Waals surface area (Å²) >= 11 is 2.00. The van der Waals surface area contributed by atoms with E-state index in [0.29, 0.717) is 11.7 Å². The lowest BCUT2D eigenvalue weighted by molar-refractivity contribution is 0.0286. The third kappa shape index (κ3) is 2.88. The maximum Gasteiger partial charge on any atom is 0.255 e. The van der Waals surface area contributed by atoms with Crippen LogP contribution in [0.5, 0.6) is 0 Å². The van der Waals surface area contributed by atoms with Crippen LogP contribution in [0.1, 0.15) is 35.3 Å². The average Bonchev–Trinajstić information content (AvgIpc) is 3.21. The van der Waals surface area contributed by atoms with E-state index in [9.17, 15) is 4.79 Å². The van der Waals surface area contributed by atoms with Gasteiger partial charge in [-0.1, -0.05) is 0 Å². The van der Waals surface area contributed by atoms with Crippen molar-refractivity contribution in [3.8, 4) is 0 Å². The van der Waals surface area contributed by atoms with Crippen molar-refractivity contribution in [2.45, 2.75) is 37.0 Å². The Kier molecular flexibility index (Phi) is 3.65. The number of pyridine rings is 1. The zero-order valence-electron chi connectivity index (χ0n) is 13.0. The molecule has 118 valence electrons. The first-order valence-electron chi connectivity index (χ1n) is 8.11. The molecule has 3 heterocycles. The predicted molar refractivity (Wildman–Crippen MR) is 87.1 cm³/mol. The molecule has 0 unspecified atom stereocenters. The molecule has 0 bridgehead atoms. The number of nitrogens with zero attached hydrogens (tertiary/aromatic N) is 2. The lowest BCUT2D eigenvalue weighted by Gasteiger charge is -2.47. The highest BCUT2D eigenvalue weighted by Crippen LogP contribution is 2.46. The van der Waals surface area contributed by atoms with Gasteiger partial charge in [-0.05, 0) is 44.2 Å².